The Morgan fingerprint density at radius 1 is 1.04 bits per heavy atom. The third-order valence-electron chi connectivity index (χ3n) is 6.04. The molecule has 0 radical (unpaired) electrons. The third-order valence-corrected chi connectivity index (χ3v) is 7.38. The largest absolute Gasteiger partial charge is 0.322 e. The van der Waals surface area contributed by atoms with E-state index in [1.165, 1.54) is 53.6 Å². The van der Waals surface area contributed by atoms with Gasteiger partial charge in [0, 0.05) is 31.9 Å². The summed E-state index contributed by atoms with van der Waals surface area (Å²) in [6, 6.07) is 2.42. The van der Waals surface area contributed by atoms with Crippen molar-refractivity contribution in [1.82, 2.24) is 24.4 Å². The molecule has 1 atom stereocenters. The Bertz CT molecular complexity index is 854. The van der Waals surface area contributed by atoms with E-state index in [-0.39, 0.29) is 0 Å². The maximum Gasteiger partial charge on any atom is 0.247 e. The van der Waals surface area contributed by atoms with Crippen molar-refractivity contribution in [2.45, 2.75) is 43.7 Å². The number of fused-ring (bicyclic) bond motifs is 2. The van der Waals surface area contributed by atoms with E-state index in [4.69, 9.17) is 0 Å². The molecule has 5 rings (SSSR count). The van der Waals surface area contributed by atoms with Gasteiger partial charge in [0.2, 0.25) is 11.1 Å². The first kappa shape index (κ1) is 17.3. The lowest BCUT2D eigenvalue weighted by Gasteiger charge is -2.30. The zero-order valence-corrected chi connectivity index (χ0v) is 16.6. The Morgan fingerprint density at radius 3 is 2.37 bits per heavy atom. The second-order valence-electron chi connectivity index (χ2n) is 7.80. The SMILES string of the molecule is CN1CCN(S(=O)c2nc(Nc3c4c(cc5c3CCC5)CCC4)n[nH]2)CC1. The smallest absolute Gasteiger partial charge is 0.247 e. The van der Waals surface area contributed by atoms with Crippen molar-refractivity contribution in [1.29, 1.82) is 0 Å². The van der Waals surface area contributed by atoms with Gasteiger partial charge in [-0.05, 0) is 67.8 Å². The average molecular weight is 387 g/mol. The summed E-state index contributed by atoms with van der Waals surface area (Å²) in [6.07, 6.45) is 7.03. The Hall–Kier alpha value is -1.77. The number of aromatic amines is 1. The number of hydrogen-bond acceptors (Lipinski definition) is 5. The molecule has 0 bridgehead atoms. The van der Waals surface area contributed by atoms with Crippen molar-refractivity contribution in [3.63, 3.8) is 0 Å². The summed E-state index contributed by atoms with van der Waals surface area (Å²) in [5, 5.41) is 11.1. The average Bonchev–Trinajstić information content (AvgIpc) is 3.42. The molecule has 1 aromatic heterocycles. The first-order valence-corrected chi connectivity index (χ1v) is 11.0. The molecule has 2 N–H and O–H groups in total. The normalized spacial score (nSPS) is 21.2. The van der Waals surface area contributed by atoms with Crippen LogP contribution in [0, 0.1) is 0 Å². The van der Waals surface area contributed by atoms with Crippen LogP contribution in [0.3, 0.4) is 0 Å². The number of nitrogens with zero attached hydrogens (tertiary/aromatic N) is 4. The molecule has 27 heavy (non-hydrogen) atoms. The van der Waals surface area contributed by atoms with Gasteiger partial charge in [-0.25, -0.2) is 13.6 Å². The molecule has 1 saturated heterocycles. The zero-order valence-electron chi connectivity index (χ0n) is 15.8. The lowest BCUT2D eigenvalue weighted by molar-refractivity contribution is 0.228. The van der Waals surface area contributed by atoms with Crippen molar-refractivity contribution < 1.29 is 4.21 Å². The topological polar surface area (TPSA) is 77.2 Å². The molecule has 144 valence electrons. The van der Waals surface area contributed by atoms with Crippen LogP contribution in [0.1, 0.15) is 35.1 Å². The highest BCUT2D eigenvalue weighted by Gasteiger charge is 2.26. The van der Waals surface area contributed by atoms with Crippen LogP contribution in [0.25, 0.3) is 0 Å². The summed E-state index contributed by atoms with van der Waals surface area (Å²) in [5.41, 5.74) is 7.04. The van der Waals surface area contributed by atoms with Crippen molar-refractivity contribution in [3.8, 4) is 0 Å². The van der Waals surface area contributed by atoms with E-state index in [1.807, 2.05) is 4.31 Å². The van der Waals surface area contributed by atoms with Gasteiger partial charge in [0.1, 0.15) is 0 Å². The lowest BCUT2D eigenvalue weighted by atomic mass is 9.99. The lowest BCUT2D eigenvalue weighted by Crippen LogP contribution is -2.45. The second kappa shape index (κ2) is 7.00. The first-order valence-electron chi connectivity index (χ1n) is 9.90. The summed E-state index contributed by atoms with van der Waals surface area (Å²) >= 11 is 0. The molecular weight excluding hydrogens is 360 g/mol. The van der Waals surface area contributed by atoms with Gasteiger partial charge >= 0.3 is 0 Å². The number of benzene rings is 1. The minimum absolute atomic E-state index is 0.436. The van der Waals surface area contributed by atoms with Crippen molar-refractivity contribution in [3.05, 3.63) is 28.3 Å². The van der Waals surface area contributed by atoms with Crippen LogP contribution in [0.2, 0.25) is 0 Å². The summed E-state index contributed by atoms with van der Waals surface area (Å²) in [7, 11) is 0.808. The number of hydrogen-bond donors (Lipinski definition) is 2. The number of piperazine rings is 1. The Morgan fingerprint density at radius 2 is 1.70 bits per heavy atom. The fourth-order valence-corrected chi connectivity index (χ4v) is 5.56. The van der Waals surface area contributed by atoms with Gasteiger partial charge < -0.3 is 10.2 Å². The fraction of sp³-hybridized carbons (Fsp3) is 0.579. The molecular formula is C19H26N6OS. The minimum Gasteiger partial charge on any atom is -0.322 e. The number of likely N-dealkylation sites (N-methyl/N-ethyl adjacent to an activating group) is 1. The Labute approximate surface area is 162 Å². The highest BCUT2D eigenvalue weighted by molar-refractivity contribution is 7.82. The summed E-state index contributed by atoms with van der Waals surface area (Å²) in [5.74, 6) is 0.530. The van der Waals surface area contributed by atoms with Gasteiger partial charge in [-0.15, -0.1) is 5.10 Å². The number of H-pyrrole nitrogens is 1. The molecule has 1 unspecified atom stereocenters. The van der Waals surface area contributed by atoms with Crippen LogP contribution in [0.4, 0.5) is 11.6 Å². The fourth-order valence-electron chi connectivity index (χ4n) is 4.54. The summed E-state index contributed by atoms with van der Waals surface area (Å²) in [6.45, 7) is 3.42. The maximum atomic E-state index is 12.8. The van der Waals surface area contributed by atoms with Crippen LogP contribution in [-0.4, -0.2) is 61.8 Å². The van der Waals surface area contributed by atoms with Crippen molar-refractivity contribution in [2.24, 2.45) is 0 Å². The zero-order chi connectivity index (χ0) is 18.4. The molecule has 0 saturated carbocycles. The molecule has 2 heterocycles. The van der Waals surface area contributed by atoms with E-state index in [0.717, 1.165) is 39.0 Å². The van der Waals surface area contributed by atoms with Crippen molar-refractivity contribution in [2.75, 3.05) is 38.5 Å². The highest BCUT2D eigenvalue weighted by Crippen LogP contribution is 2.39. The first-order chi connectivity index (χ1) is 13.2. The van der Waals surface area contributed by atoms with Crippen LogP contribution in [0.5, 0.6) is 0 Å². The second-order valence-corrected chi connectivity index (χ2v) is 9.21. The molecule has 1 fully saturated rings. The number of aromatic nitrogens is 3. The van der Waals surface area contributed by atoms with Gasteiger partial charge in [-0.2, -0.15) is 4.98 Å². The molecule has 8 heteroatoms. The molecule has 7 nitrogen and oxygen atoms in total. The Kier molecular flexibility index (Phi) is 4.49. The third kappa shape index (κ3) is 3.19. The summed E-state index contributed by atoms with van der Waals surface area (Å²) < 4.78 is 14.8. The van der Waals surface area contributed by atoms with Crippen LogP contribution >= 0.6 is 0 Å². The number of aryl methyl sites for hydroxylation is 2. The Balaban J connectivity index is 1.38. The molecule has 1 aromatic carbocycles. The molecule has 0 spiro atoms. The van der Waals surface area contributed by atoms with Crippen LogP contribution < -0.4 is 5.32 Å². The van der Waals surface area contributed by atoms with Gasteiger partial charge in [-0.1, -0.05) is 6.07 Å². The van der Waals surface area contributed by atoms with Gasteiger partial charge in [0.25, 0.3) is 0 Å². The molecule has 1 aliphatic heterocycles. The van der Waals surface area contributed by atoms with E-state index < -0.39 is 11.0 Å². The van der Waals surface area contributed by atoms with E-state index in [9.17, 15) is 4.21 Å². The highest BCUT2D eigenvalue weighted by atomic mass is 32.2. The number of anilines is 2. The predicted molar refractivity (Wildman–Crippen MR) is 106 cm³/mol. The van der Waals surface area contributed by atoms with Crippen molar-refractivity contribution >= 4 is 22.6 Å². The van der Waals surface area contributed by atoms with E-state index >= 15 is 0 Å². The maximum absolute atomic E-state index is 12.8. The summed E-state index contributed by atoms with van der Waals surface area (Å²) in [4.78, 5) is 6.77. The predicted octanol–water partition coefficient (Wildman–Crippen LogP) is 1.80. The monoisotopic (exact) mass is 386 g/mol. The number of nitrogens with one attached hydrogen (secondary N) is 2. The number of rotatable bonds is 4. The van der Waals surface area contributed by atoms with Gasteiger partial charge in [0.15, 0.2) is 11.0 Å². The van der Waals surface area contributed by atoms with Crippen LogP contribution in [-0.2, 0) is 36.7 Å². The quantitative estimate of drug-likeness (QED) is 0.838. The van der Waals surface area contributed by atoms with Crippen LogP contribution in [0.15, 0.2) is 11.2 Å². The van der Waals surface area contributed by atoms with Gasteiger partial charge in [-0.3, -0.25) is 0 Å². The minimum atomic E-state index is -1.28. The molecule has 2 aliphatic carbocycles. The molecule has 3 aliphatic rings. The standard InChI is InChI=1S/C19H26N6OS/c1-24-8-10-25(11-9-24)27(26)19-21-18(22-23-19)20-17-15-6-2-4-13(15)12-14-5-3-7-16(14)17/h12H,2-11H2,1H3,(H2,20,21,22,23). The van der Waals surface area contributed by atoms with E-state index in [2.05, 4.69) is 38.5 Å². The molecule has 0 amide bonds. The van der Waals surface area contributed by atoms with E-state index in [0.29, 0.717) is 11.1 Å². The van der Waals surface area contributed by atoms with Gasteiger partial charge in [0.05, 0.1) is 0 Å². The van der Waals surface area contributed by atoms with E-state index in [1.54, 1.807) is 0 Å². The molecule has 2 aromatic rings.